The average molecular weight is 322 g/mol. The molecule has 1 rings (SSSR count). The first-order valence-corrected chi connectivity index (χ1v) is 6.67. The molecule has 0 aromatic heterocycles. The molecule has 1 N–H and O–H groups in total. The number of hydrogen-bond acceptors (Lipinski definition) is 2. The van der Waals surface area contributed by atoms with Crippen LogP contribution in [0.1, 0.15) is 27.2 Å². The molecule has 0 amide bonds. The number of hydrogen-bond donors (Lipinski definition) is 1. The van der Waals surface area contributed by atoms with Crippen molar-refractivity contribution in [3.05, 3.63) is 28.2 Å². The molecule has 0 bridgehead atoms. The van der Waals surface area contributed by atoms with Crippen LogP contribution >= 0.6 is 15.9 Å². The molecular weight excluding hydrogens is 304 g/mol. The highest BCUT2D eigenvalue weighted by molar-refractivity contribution is 9.10. The van der Waals surface area contributed by atoms with E-state index in [9.17, 15) is 8.78 Å². The number of rotatable bonds is 6. The number of benzene rings is 1. The predicted molar refractivity (Wildman–Crippen MR) is 71.9 cm³/mol. The van der Waals surface area contributed by atoms with Gasteiger partial charge in [-0.15, -0.1) is 0 Å². The molecule has 18 heavy (non-hydrogen) atoms. The van der Waals surface area contributed by atoms with Crippen molar-refractivity contribution in [1.29, 1.82) is 0 Å². The molecule has 0 spiro atoms. The summed E-state index contributed by atoms with van der Waals surface area (Å²) in [6.07, 6.45) is 0.979. The van der Waals surface area contributed by atoms with Gasteiger partial charge in [-0.1, -0.05) is 22.9 Å². The van der Waals surface area contributed by atoms with Gasteiger partial charge in [0, 0.05) is 16.6 Å². The first-order chi connectivity index (χ1) is 8.35. The first kappa shape index (κ1) is 15.4. The Hall–Kier alpha value is -0.680. The molecule has 0 radical (unpaired) electrons. The predicted octanol–water partition coefficient (Wildman–Crippen LogP) is 3.88. The molecule has 2 nitrogen and oxygen atoms in total. The Labute approximate surface area is 115 Å². The highest BCUT2D eigenvalue weighted by Crippen LogP contribution is 2.25. The lowest BCUT2D eigenvalue weighted by molar-refractivity contribution is 0.267. The molecule has 0 aliphatic rings. The van der Waals surface area contributed by atoms with Crippen LogP contribution in [-0.4, -0.2) is 18.7 Å². The molecule has 1 aromatic carbocycles. The van der Waals surface area contributed by atoms with E-state index < -0.39 is 11.6 Å². The summed E-state index contributed by atoms with van der Waals surface area (Å²) in [7, 11) is 0. The van der Waals surface area contributed by atoms with Gasteiger partial charge in [-0.2, -0.15) is 4.39 Å². The third kappa shape index (κ3) is 4.53. The molecule has 1 aromatic rings. The van der Waals surface area contributed by atoms with Crippen LogP contribution in [0, 0.1) is 11.6 Å². The molecule has 0 atom stereocenters. The van der Waals surface area contributed by atoms with E-state index in [1.54, 1.807) is 0 Å². The minimum Gasteiger partial charge on any atom is -0.489 e. The van der Waals surface area contributed by atoms with Gasteiger partial charge >= 0.3 is 0 Å². The molecule has 0 fully saturated rings. The zero-order valence-corrected chi connectivity index (χ0v) is 12.4. The Morgan fingerprint density at radius 1 is 1.33 bits per heavy atom. The number of ether oxygens (including phenoxy) is 1. The Morgan fingerprint density at radius 3 is 2.61 bits per heavy atom. The fraction of sp³-hybridized carbons (Fsp3) is 0.538. The van der Waals surface area contributed by atoms with Crippen LogP contribution in [-0.2, 0) is 0 Å². The van der Waals surface area contributed by atoms with Crippen LogP contribution in [0.5, 0.6) is 5.75 Å². The van der Waals surface area contributed by atoms with Crippen LogP contribution in [0.25, 0.3) is 0 Å². The van der Waals surface area contributed by atoms with Gasteiger partial charge in [0.05, 0.1) is 0 Å². The van der Waals surface area contributed by atoms with Gasteiger partial charge in [-0.05, 0) is 32.4 Å². The molecule has 0 saturated carbocycles. The smallest absolute Gasteiger partial charge is 0.200 e. The minimum absolute atomic E-state index is 0.0183. The van der Waals surface area contributed by atoms with Gasteiger partial charge in [0.1, 0.15) is 6.61 Å². The second-order valence-corrected chi connectivity index (χ2v) is 5.63. The molecular formula is C13H18BrF2NO. The van der Waals surface area contributed by atoms with Gasteiger partial charge in [-0.3, -0.25) is 0 Å². The van der Waals surface area contributed by atoms with Gasteiger partial charge in [0.15, 0.2) is 11.6 Å². The second-order valence-electron chi connectivity index (χ2n) is 4.71. The molecule has 0 aliphatic heterocycles. The Kier molecular flexibility index (Phi) is 5.53. The summed E-state index contributed by atoms with van der Waals surface area (Å²) < 4.78 is 32.1. The van der Waals surface area contributed by atoms with Crippen molar-refractivity contribution in [3.8, 4) is 5.75 Å². The van der Waals surface area contributed by atoms with Crippen LogP contribution in [0.2, 0.25) is 0 Å². The minimum atomic E-state index is -0.951. The maximum atomic E-state index is 13.4. The summed E-state index contributed by atoms with van der Waals surface area (Å²) in [4.78, 5) is 0. The van der Waals surface area contributed by atoms with Crippen molar-refractivity contribution in [3.63, 3.8) is 0 Å². The topological polar surface area (TPSA) is 21.3 Å². The summed E-state index contributed by atoms with van der Waals surface area (Å²) >= 11 is 3.10. The fourth-order valence-corrected chi connectivity index (χ4v) is 1.72. The Balaban J connectivity index is 2.50. The van der Waals surface area contributed by atoms with Crippen LogP contribution in [0.4, 0.5) is 8.78 Å². The molecule has 5 heteroatoms. The lowest BCUT2D eigenvalue weighted by atomic mass is 10.0. The fourth-order valence-electron chi connectivity index (χ4n) is 1.31. The number of halogens is 3. The van der Waals surface area contributed by atoms with Gasteiger partial charge in [-0.25, -0.2) is 4.39 Å². The summed E-state index contributed by atoms with van der Waals surface area (Å²) in [5.74, 6) is -1.94. The van der Waals surface area contributed by atoms with Crippen molar-refractivity contribution in [2.45, 2.75) is 32.7 Å². The molecule has 0 aliphatic carbocycles. The lowest BCUT2D eigenvalue weighted by Gasteiger charge is -2.24. The molecule has 0 unspecified atom stereocenters. The van der Waals surface area contributed by atoms with E-state index in [2.05, 4.69) is 42.0 Å². The quantitative estimate of drug-likeness (QED) is 0.634. The zero-order chi connectivity index (χ0) is 13.8. The standard InChI is InChI=1S/C13H18BrF2NO/c1-4-13(2,3)17-5-6-18-11-8-9(14)7-10(15)12(11)16/h7-8,17H,4-6H2,1-3H3. The average Bonchev–Trinajstić information content (AvgIpc) is 2.30. The van der Waals surface area contributed by atoms with Crippen molar-refractivity contribution in [2.24, 2.45) is 0 Å². The van der Waals surface area contributed by atoms with E-state index in [0.29, 0.717) is 11.0 Å². The largest absolute Gasteiger partial charge is 0.489 e. The van der Waals surface area contributed by atoms with E-state index >= 15 is 0 Å². The summed E-state index contributed by atoms with van der Waals surface area (Å²) in [5, 5.41) is 3.27. The van der Waals surface area contributed by atoms with E-state index in [-0.39, 0.29) is 17.9 Å². The zero-order valence-electron chi connectivity index (χ0n) is 10.8. The Bertz CT molecular complexity index is 410. The summed E-state index contributed by atoms with van der Waals surface area (Å²) in [6, 6.07) is 2.49. The van der Waals surface area contributed by atoms with Crippen molar-refractivity contribution >= 4 is 15.9 Å². The van der Waals surface area contributed by atoms with E-state index in [1.807, 2.05) is 0 Å². The first-order valence-electron chi connectivity index (χ1n) is 5.88. The highest BCUT2D eigenvalue weighted by Gasteiger charge is 2.14. The molecule has 0 saturated heterocycles. The van der Waals surface area contributed by atoms with Crippen LogP contribution < -0.4 is 10.1 Å². The van der Waals surface area contributed by atoms with Gasteiger partial charge < -0.3 is 10.1 Å². The van der Waals surface area contributed by atoms with Crippen molar-refractivity contribution < 1.29 is 13.5 Å². The third-order valence-corrected chi connectivity index (χ3v) is 3.26. The van der Waals surface area contributed by atoms with Crippen LogP contribution in [0.15, 0.2) is 16.6 Å². The molecule has 0 heterocycles. The van der Waals surface area contributed by atoms with Gasteiger partial charge in [0.2, 0.25) is 5.82 Å². The van der Waals surface area contributed by atoms with E-state index in [0.717, 1.165) is 12.5 Å². The highest BCUT2D eigenvalue weighted by atomic mass is 79.9. The van der Waals surface area contributed by atoms with Gasteiger partial charge in [0.25, 0.3) is 0 Å². The summed E-state index contributed by atoms with van der Waals surface area (Å²) in [6.45, 7) is 7.10. The van der Waals surface area contributed by atoms with Crippen molar-refractivity contribution in [2.75, 3.05) is 13.2 Å². The normalized spacial score (nSPS) is 11.7. The maximum absolute atomic E-state index is 13.4. The summed E-state index contributed by atoms with van der Waals surface area (Å²) in [5.41, 5.74) is 0.0183. The Morgan fingerprint density at radius 2 is 2.00 bits per heavy atom. The lowest BCUT2D eigenvalue weighted by Crippen LogP contribution is -2.40. The second kappa shape index (κ2) is 6.48. The maximum Gasteiger partial charge on any atom is 0.200 e. The van der Waals surface area contributed by atoms with Crippen molar-refractivity contribution in [1.82, 2.24) is 5.32 Å². The van der Waals surface area contributed by atoms with E-state index in [1.165, 1.54) is 6.07 Å². The SMILES string of the molecule is CCC(C)(C)NCCOc1cc(Br)cc(F)c1F. The van der Waals surface area contributed by atoms with Crippen LogP contribution in [0.3, 0.4) is 0 Å². The van der Waals surface area contributed by atoms with E-state index in [4.69, 9.17) is 4.74 Å². The molecule has 102 valence electrons. The number of nitrogens with one attached hydrogen (secondary N) is 1. The third-order valence-electron chi connectivity index (χ3n) is 2.81. The monoisotopic (exact) mass is 321 g/mol.